The molecule has 2 aromatic rings. The third-order valence-corrected chi connectivity index (χ3v) is 2.81. The molecule has 0 atom stereocenters. The van der Waals surface area contributed by atoms with E-state index in [4.69, 9.17) is 26.3 Å². The topological polar surface area (TPSA) is 55.1 Å². The van der Waals surface area contributed by atoms with Crippen molar-refractivity contribution in [3.05, 3.63) is 52.7 Å². The maximum atomic E-state index is 8.59. The molecule has 0 aliphatic heterocycles. The first kappa shape index (κ1) is 13.2. The lowest BCUT2D eigenvalue weighted by molar-refractivity contribution is 0.289. The Morgan fingerprint density at radius 2 is 2.05 bits per heavy atom. The van der Waals surface area contributed by atoms with Crippen molar-refractivity contribution in [3.63, 3.8) is 0 Å². The number of pyridine rings is 1. The zero-order valence-corrected chi connectivity index (χ0v) is 11.0. The zero-order chi connectivity index (χ0) is 13.7. The minimum atomic E-state index is 0.188. The fraction of sp³-hybridized carbons (Fsp3) is 0.143. The Morgan fingerprint density at radius 1 is 1.26 bits per heavy atom. The maximum Gasteiger partial charge on any atom is 0.292 e. The first-order chi connectivity index (χ1) is 9.20. The van der Waals surface area contributed by atoms with Gasteiger partial charge < -0.3 is 9.47 Å². The molecule has 1 aromatic heterocycles. The number of benzene rings is 1. The van der Waals surface area contributed by atoms with Gasteiger partial charge in [0.2, 0.25) is 5.88 Å². The molecule has 0 radical (unpaired) electrons. The number of nitrogens with zero attached hydrogens (tertiary/aromatic N) is 2. The minimum Gasteiger partial charge on any atom is -0.473 e. The van der Waals surface area contributed by atoms with Crippen LogP contribution in [0.1, 0.15) is 11.3 Å². The van der Waals surface area contributed by atoms with Gasteiger partial charge in [-0.25, -0.2) is 4.98 Å². The number of ether oxygens (including phenoxy) is 2. The average molecular weight is 275 g/mol. The average Bonchev–Trinajstić information content (AvgIpc) is 2.38. The summed E-state index contributed by atoms with van der Waals surface area (Å²) in [7, 11) is 0. The Bertz CT molecular complexity index is 623. The van der Waals surface area contributed by atoms with Gasteiger partial charge in [-0.05, 0) is 25.1 Å². The van der Waals surface area contributed by atoms with Crippen LogP contribution < -0.4 is 9.47 Å². The second kappa shape index (κ2) is 6.07. The number of nitriles is 1. The standard InChI is InChI=1S/C14H11ClN2O2/c1-10-4-2-7-14(17-10)18-8-11-12(15)5-3-6-13(11)19-9-16/h2-7H,8H2,1H3. The van der Waals surface area contributed by atoms with Crippen molar-refractivity contribution in [2.75, 3.05) is 0 Å². The molecule has 0 aliphatic rings. The Kier molecular flexibility index (Phi) is 4.22. The summed E-state index contributed by atoms with van der Waals surface area (Å²) in [5.74, 6) is 0.894. The fourth-order valence-electron chi connectivity index (χ4n) is 1.57. The normalized spacial score (nSPS) is 9.74. The van der Waals surface area contributed by atoms with E-state index in [2.05, 4.69) is 4.98 Å². The SMILES string of the molecule is Cc1cccc(OCc2c(Cl)cccc2OC#N)n1. The molecule has 1 aromatic carbocycles. The Morgan fingerprint density at radius 3 is 2.79 bits per heavy atom. The summed E-state index contributed by atoms with van der Waals surface area (Å²) in [5.41, 5.74) is 1.49. The van der Waals surface area contributed by atoms with E-state index in [1.165, 1.54) is 0 Å². The van der Waals surface area contributed by atoms with Crippen molar-refractivity contribution >= 4 is 11.6 Å². The lowest BCUT2D eigenvalue weighted by atomic mass is 10.2. The molecule has 96 valence electrons. The molecule has 0 N–H and O–H groups in total. The van der Waals surface area contributed by atoms with Gasteiger partial charge in [0, 0.05) is 11.8 Å². The number of rotatable bonds is 4. The van der Waals surface area contributed by atoms with Gasteiger partial charge in [-0.2, -0.15) is 0 Å². The molecule has 0 saturated heterocycles. The Labute approximate surface area is 116 Å². The van der Waals surface area contributed by atoms with Gasteiger partial charge in [0.1, 0.15) is 12.4 Å². The van der Waals surface area contributed by atoms with Crippen LogP contribution in [-0.4, -0.2) is 4.98 Å². The Balaban J connectivity index is 2.17. The van der Waals surface area contributed by atoms with Crippen LogP contribution in [0.25, 0.3) is 0 Å². The van der Waals surface area contributed by atoms with E-state index in [0.29, 0.717) is 22.2 Å². The summed E-state index contributed by atoms with van der Waals surface area (Å²) in [6.45, 7) is 2.07. The summed E-state index contributed by atoms with van der Waals surface area (Å²) in [5, 5.41) is 9.07. The lowest BCUT2D eigenvalue weighted by Crippen LogP contribution is -2.01. The highest BCUT2D eigenvalue weighted by molar-refractivity contribution is 6.31. The van der Waals surface area contributed by atoms with Gasteiger partial charge in [-0.3, -0.25) is 0 Å². The number of aromatic nitrogens is 1. The van der Waals surface area contributed by atoms with Crippen molar-refractivity contribution in [2.45, 2.75) is 13.5 Å². The molecule has 0 unspecified atom stereocenters. The number of aryl methyl sites for hydroxylation is 1. The minimum absolute atomic E-state index is 0.188. The lowest BCUT2D eigenvalue weighted by Gasteiger charge is -2.10. The molecule has 0 amide bonds. The van der Waals surface area contributed by atoms with Crippen LogP contribution in [0.3, 0.4) is 0 Å². The van der Waals surface area contributed by atoms with Crippen LogP contribution in [0.15, 0.2) is 36.4 Å². The molecule has 0 saturated carbocycles. The summed E-state index contributed by atoms with van der Waals surface area (Å²) < 4.78 is 10.4. The van der Waals surface area contributed by atoms with Crippen molar-refractivity contribution in [3.8, 4) is 17.9 Å². The van der Waals surface area contributed by atoms with Crippen LogP contribution in [0.4, 0.5) is 0 Å². The van der Waals surface area contributed by atoms with E-state index in [1.54, 1.807) is 30.5 Å². The van der Waals surface area contributed by atoms with Crippen LogP contribution >= 0.6 is 11.6 Å². The van der Waals surface area contributed by atoms with E-state index >= 15 is 0 Å². The molecule has 0 fully saturated rings. The quantitative estimate of drug-likeness (QED) is 0.801. The molecule has 0 aliphatic carbocycles. The van der Waals surface area contributed by atoms with E-state index in [-0.39, 0.29) is 6.61 Å². The van der Waals surface area contributed by atoms with Crippen LogP contribution in [0.5, 0.6) is 11.6 Å². The summed E-state index contributed by atoms with van der Waals surface area (Å²) in [6.07, 6.45) is 1.63. The monoisotopic (exact) mass is 274 g/mol. The molecular formula is C14H11ClN2O2. The summed E-state index contributed by atoms with van der Waals surface area (Å²) in [6, 6.07) is 10.6. The van der Waals surface area contributed by atoms with Crippen molar-refractivity contribution < 1.29 is 9.47 Å². The van der Waals surface area contributed by atoms with E-state index in [0.717, 1.165) is 5.69 Å². The zero-order valence-electron chi connectivity index (χ0n) is 10.3. The Hall–Kier alpha value is -2.25. The van der Waals surface area contributed by atoms with Crippen LogP contribution in [0, 0.1) is 18.4 Å². The van der Waals surface area contributed by atoms with Crippen molar-refractivity contribution in [1.29, 1.82) is 5.26 Å². The molecule has 5 heteroatoms. The molecular weight excluding hydrogens is 264 g/mol. The largest absolute Gasteiger partial charge is 0.473 e. The second-order valence-corrected chi connectivity index (χ2v) is 4.22. The highest BCUT2D eigenvalue weighted by atomic mass is 35.5. The van der Waals surface area contributed by atoms with Gasteiger partial charge in [0.15, 0.2) is 0 Å². The highest BCUT2D eigenvalue weighted by Crippen LogP contribution is 2.27. The van der Waals surface area contributed by atoms with Gasteiger partial charge >= 0.3 is 0 Å². The van der Waals surface area contributed by atoms with Gasteiger partial charge in [0.05, 0.1) is 10.6 Å². The third kappa shape index (κ3) is 3.36. The van der Waals surface area contributed by atoms with Crippen molar-refractivity contribution in [2.24, 2.45) is 0 Å². The first-order valence-electron chi connectivity index (χ1n) is 5.60. The predicted octanol–water partition coefficient (Wildman–Crippen LogP) is 3.48. The predicted molar refractivity (Wildman–Crippen MR) is 71.0 cm³/mol. The molecule has 0 bridgehead atoms. The van der Waals surface area contributed by atoms with Crippen LogP contribution in [-0.2, 0) is 6.61 Å². The number of halogens is 1. The van der Waals surface area contributed by atoms with E-state index in [1.807, 2.05) is 19.1 Å². The number of hydrogen-bond donors (Lipinski definition) is 0. The molecule has 4 nitrogen and oxygen atoms in total. The van der Waals surface area contributed by atoms with Crippen LogP contribution in [0.2, 0.25) is 5.02 Å². The van der Waals surface area contributed by atoms with Gasteiger partial charge in [-0.15, -0.1) is 5.26 Å². The van der Waals surface area contributed by atoms with E-state index < -0.39 is 0 Å². The number of hydrogen-bond acceptors (Lipinski definition) is 4. The third-order valence-electron chi connectivity index (χ3n) is 2.46. The van der Waals surface area contributed by atoms with Gasteiger partial charge in [-0.1, -0.05) is 23.7 Å². The van der Waals surface area contributed by atoms with Crippen molar-refractivity contribution in [1.82, 2.24) is 4.98 Å². The first-order valence-corrected chi connectivity index (χ1v) is 5.98. The molecule has 2 rings (SSSR count). The van der Waals surface area contributed by atoms with E-state index in [9.17, 15) is 0 Å². The smallest absolute Gasteiger partial charge is 0.292 e. The maximum absolute atomic E-state index is 8.59. The second-order valence-electron chi connectivity index (χ2n) is 3.82. The molecule has 19 heavy (non-hydrogen) atoms. The fourth-order valence-corrected chi connectivity index (χ4v) is 1.79. The summed E-state index contributed by atoms with van der Waals surface area (Å²) in [4.78, 5) is 4.22. The van der Waals surface area contributed by atoms with Gasteiger partial charge in [0.25, 0.3) is 6.26 Å². The summed E-state index contributed by atoms with van der Waals surface area (Å²) >= 11 is 6.07. The highest BCUT2D eigenvalue weighted by Gasteiger charge is 2.10. The molecule has 1 heterocycles. The molecule has 0 spiro atoms.